The molecule has 0 atom stereocenters. The fraction of sp³-hybridized carbons (Fsp3) is 0.100. The Bertz CT molecular complexity index is 568. The lowest BCUT2D eigenvalue weighted by atomic mass is 10.2. The number of H-pyrrole nitrogens is 1. The molecule has 0 unspecified atom stereocenters. The molecule has 5 nitrogen and oxygen atoms in total. The van der Waals surface area contributed by atoms with Crippen LogP contribution in [-0.4, -0.2) is 22.3 Å². The smallest absolute Gasteiger partial charge is 0.273 e. The van der Waals surface area contributed by atoms with Gasteiger partial charge < -0.3 is 4.74 Å². The zero-order valence-corrected chi connectivity index (χ0v) is 9.15. The van der Waals surface area contributed by atoms with Crippen molar-refractivity contribution in [2.75, 3.05) is 7.11 Å². The summed E-state index contributed by atoms with van der Waals surface area (Å²) in [7, 11) is 1.51. The van der Waals surface area contributed by atoms with Crippen molar-refractivity contribution in [2.24, 2.45) is 0 Å². The molecule has 16 heavy (non-hydrogen) atoms. The maximum Gasteiger partial charge on any atom is 0.273 e. The van der Waals surface area contributed by atoms with Gasteiger partial charge in [-0.05, 0) is 18.2 Å². The van der Waals surface area contributed by atoms with Crippen LogP contribution < -0.4 is 10.3 Å². The van der Waals surface area contributed by atoms with Crippen molar-refractivity contribution in [3.63, 3.8) is 0 Å². The SMILES string of the molecule is COc1cccnc1-c1cc(Cl)n[nH]c1=O. The Kier molecular flexibility index (Phi) is 2.87. The molecular formula is C10H8ClN3O2. The molecule has 2 rings (SSSR count). The molecule has 2 aromatic heterocycles. The maximum atomic E-state index is 11.6. The number of pyridine rings is 1. The van der Waals surface area contributed by atoms with Gasteiger partial charge in [0.05, 0.1) is 12.7 Å². The van der Waals surface area contributed by atoms with Gasteiger partial charge in [0.1, 0.15) is 16.6 Å². The van der Waals surface area contributed by atoms with Gasteiger partial charge in [-0.15, -0.1) is 0 Å². The number of nitrogens with zero attached hydrogens (tertiary/aromatic N) is 2. The Morgan fingerprint density at radius 3 is 3.06 bits per heavy atom. The molecule has 2 heterocycles. The van der Waals surface area contributed by atoms with Gasteiger partial charge in [-0.2, -0.15) is 5.10 Å². The first-order valence-electron chi connectivity index (χ1n) is 4.47. The van der Waals surface area contributed by atoms with Gasteiger partial charge in [-0.25, -0.2) is 5.10 Å². The summed E-state index contributed by atoms with van der Waals surface area (Å²) in [6, 6.07) is 4.89. The Labute approximate surface area is 96.1 Å². The largest absolute Gasteiger partial charge is 0.494 e. The van der Waals surface area contributed by atoms with Gasteiger partial charge in [0.15, 0.2) is 0 Å². The lowest BCUT2D eigenvalue weighted by Gasteiger charge is -2.05. The average Bonchev–Trinajstić information content (AvgIpc) is 2.32. The van der Waals surface area contributed by atoms with E-state index in [0.29, 0.717) is 17.0 Å². The lowest BCUT2D eigenvalue weighted by Crippen LogP contribution is -2.11. The summed E-state index contributed by atoms with van der Waals surface area (Å²) in [4.78, 5) is 15.7. The van der Waals surface area contributed by atoms with E-state index in [2.05, 4.69) is 15.2 Å². The van der Waals surface area contributed by atoms with Crippen LogP contribution in [0.2, 0.25) is 5.15 Å². The monoisotopic (exact) mass is 237 g/mol. The van der Waals surface area contributed by atoms with Crippen LogP contribution >= 0.6 is 11.6 Å². The van der Waals surface area contributed by atoms with Crippen molar-refractivity contribution < 1.29 is 4.74 Å². The molecule has 0 aromatic carbocycles. The van der Waals surface area contributed by atoms with Crippen LogP contribution in [-0.2, 0) is 0 Å². The Hall–Kier alpha value is -1.88. The van der Waals surface area contributed by atoms with Crippen molar-refractivity contribution >= 4 is 11.6 Å². The molecule has 6 heteroatoms. The van der Waals surface area contributed by atoms with Crippen LogP contribution in [0.15, 0.2) is 29.2 Å². The van der Waals surface area contributed by atoms with Crippen molar-refractivity contribution in [1.82, 2.24) is 15.2 Å². The van der Waals surface area contributed by atoms with Crippen LogP contribution in [0.5, 0.6) is 5.75 Å². The molecule has 0 radical (unpaired) electrons. The molecule has 82 valence electrons. The molecule has 0 amide bonds. The van der Waals surface area contributed by atoms with Gasteiger partial charge in [-0.1, -0.05) is 11.6 Å². The second-order valence-electron chi connectivity index (χ2n) is 2.99. The van der Waals surface area contributed by atoms with Crippen molar-refractivity contribution in [2.45, 2.75) is 0 Å². The van der Waals surface area contributed by atoms with Crippen LogP contribution in [0.4, 0.5) is 0 Å². The number of ether oxygens (including phenoxy) is 1. The highest BCUT2D eigenvalue weighted by Crippen LogP contribution is 2.24. The highest BCUT2D eigenvalue weighted by Gasteiger charge is 2.11. The highest BCUT2D eigenvalue weighted by atomic mass is 35.5. The molecule has 0 spiro atoms. The van der Waals surface area contributed by atoms with E-state index in [0.717, 1.165) is 0 Å². The number of aromatic nitrogens is 3. The van der Waals surface area contributed by atoms with E-state index in [1.54, 1.807) is 18.3 Å². The summed E-state index contributed by atoms with van der Waals surface area (Å²) in [5.41, 5.74) is 0.411. The van der Waals surface area contributed by atoms with E-state index in [1.165, 1.54) is 13.2 Å². The van der Waals surface area contributed by atoms with Gasteiger partial charge in [0, 0.05) is 6.20 Å². The molecule has 1 N–H and O–H groups in total. The maximum absolute atomic E-state index is 11.6. The van der Waals surface area contributed by atoms with Gasteiger partial charge in [-0.3, -0.25) is 9.78 Å². The summed E-state index contributed by atoms with van der Waals surface area (Å²) >= 11 is 5.71. The molecule has 0 fully saturated rings. The Morgan fingerprint density at radius 1 is 1.50 bits per heavy atom. The lowest BCUT2D eigenvalue weighted by molar-refractivity contribution is 0.414. The summed E-state index contributed by atoms with van der Waals surface area (Å²) in [5, 5.41) is 6.06. The minimum Gasteiger partial charge on any atom is -0.494 e. The van der Waals surface area contributed by atoms with E-state index in [4.69, 9.17) is 16.3 Å². The van der Waals surface area contributed by atoms with Crippen molar-refractivity contribution in [3.05, 3.63) is 39.9 Å². The zero-order valence-electron chi connectivity index (χ0n) is 8.40. The first kappa shape index (κ1) is 10.6. The Morgan fingerprint density at radius 2 is 2.31 bits per heavy atom. The van der Waals surface area contributed by atoms with E-state index >= 15 is 0 Å². The molecule has 0 aliphatic rings. The minimum absolute atomic E-state index is 0.197. The fourth-order valence-corrected chi connectivity index (χ4v) is 1.47. The van der Waals surface area contributed by atoms with E-state index in [-0.39, 0.29) is 10.7 Å². The average molecular weight is 238 g/mol. The van der Waals surface area contributed by atoms with Crippen LogP contribution in [0.1, 0.15) is 0 Å². The highest BCUT2D eigenvalue weighted by molar-refractivity contribution is 6.29. The fourth-order valence-electron chi connectivity index (χ4n) is 1.31. The summed E-state index contributed by atoms with van der Waals surface area (Å²) < 4.78 is 5.12. The van der Waals surface area contributed by atoms with Crippen LogP contribution in [0.25, 0.3) is 11.3 Å². The molecule has 2 aromatic rings. The number of methoxy groups -OCH3 is 1. The predicted molar refractivity (Wildman–Crippen MR) is 59.7 cm³/mol. The molecular weight excluding hydrogens is 230 g/mol. The van der Waals surface area contributed by atoms with Crippen LogP contribution in [0.3, 0.4) is 0 Å². The molecule has 0 saturated carbocycles. The second-order valence-corrected chi connectivity index (χ2v) is 3.37. The first-order valence-corrected chi connectivity index (χ1v) is 4.85. The van der Waals surface area contributed by atoms with Crippen molar-refractivity contribution in [3.8, 4) is 17.0 Å². The van der Waals surface area contributed by atoms with Gasteiger partial charge >= 0.3 is 0 Å². The van der Waals surface area contributed by atoms with E-state index in [1.807, 2.05) is 0 Å². The molecule has 0 saturated heterocycles. The number of rotatable bonds is 2. The predicted octanol–water partition coefficient (Wildman–Crippen LogP) is 1.49. The molecule has 0 aliphatic carbocycles. The van der Waals surface area contributed by atoms with E-state index < -0.39 is 0 Å². The quantitative estimate of drug-likeness (QED) is 0.859. The number of hydrogen-bond donors (Lipinski definition) is 1. The summed E-state index contributed by atoms with van der Waals surface area (Å²) in [5.74, 6) is 0.510. The number of hydrogen-bond acceptors (Lipinski definition) is 4. The second kappa shape index (κ2) is 4.32. The van der Waals surface area contributed by atoms with Crippen molar-refractivity contribution in [1.29, 1.82) is 0 Å². The minimum atomic E-state index is -0.360. The standard InChI is InChI=1S/C10H8ClN3O2/c1-16-7-3-2-4-12-9(7)6-5-8(11)13-14-10(6)15/h2-5H,1H3,(H,14,15). The first-order chi connectivity index (χ1) is 7.72. The van der Waals surface area contributed by atoms with E-state index in [9.17, 15) is 4.79 Å². The third-order valence-corrected chi connectivity index (χ3v) is 2.21. The zero-order chi connectivity index (χ0) is 11.5. The molecule has 0 aliphatic heterocycles. The van der Waals surface area contributed by atoms with Crippen LogP contribution in [0, 0.1) is 0 Å². The van der Waals surface area contributed by atoms with Gasteiger partial charge in [0.2, 0.25) is 0 Å². The molecule has 0 bridgehead atoms. The number of halogens is 1. The number of aromatic amines is 1. The number of nitrogens with one attached hydrogen (secondary N) is 1. The third kappa shape index (κ3) is 1.90. The normalized spacial score (nSPS) is 10.1. The summed E-state index contributed by atoms with van der Waals surface area (Å²) in [6.07, 6.45) is 1.58. The summed E-state index contributed by atoms with van der Waals surface area (Å²) in [6.45, 7) is 0. The third-order valence-electron chi connectivity index (χ3n) is 2.02. The topological polar surface area (TPSA) is 67.9 Å². The van der Waals surface area contributed by atoms with Gasteiger partial charge in [0.25, 0.3) is 5.56 Å². The Balaban J connectivity index is 2.67.